The maximum absolute atomic E-state index is 13.3. The largest absolute Gasteiger partial charge is 0.447 e. The molecule has 1 fully saturated rings. The molecule has 0 aliphatic carbocycles. The number of carbonyl (C=O) groups is 2. The van der Waals surface area contributed by atoms with Crippen LogP contribution in [-0.2, 0) is 14.3 Å². The molecule has 2 atom stereocenters. The lowest BCUT2D eigenvalue weighted by molar-refractivity contribution is -0.136. The van der Waals surface area contributed by atoms with Crippen LogP contribution in [0, 0.1) is 11.8 Å². The fourth-order valence-corrected chi connectivity index (χ4v) is 5.25. The van der Waals surface area contributed by atoms with E-state index in [4.69, 9.17) is 9.47 Å². The van der Waals surface area contributed by atoms with E-state index in [-0.39, 0.29) is 23.8 Å². The van der Waals surface area contributed by atoms with E-state index in [1.165, 1.54) is 69.1 Å². The van der Waals surface area contributed by atoms with Gasteiger partial charge in [-0.25, -0.2) is 9.69 Å². The van der Waals surface area contributed by atoms with E-state index in [1.807, 2.05) is 13.8 Å². The molecule has 1 rings (SSSR count). The van der Waals surface area contributed by atoms with Gasteiger partial charge in [0.1, 0.15) is 6.61 Å². The van der Waals surface area contributed by atoms with Gasteiger partial charge < -0.3 is 9.47 Å². The van der Waals surface area contributed by atoms with Gasteiger partial charge in [-0.3, -0.25) is 4.79 Å². The van der Waals surface area contributed by atoms with Gasteiger partial charge in [0.2, 0.25) is 5.91 Å². The lowest BCUT2D eigenvalue weighted by Crippen LogP contribution is -2.46. The van der Waals surface area contributed by atoms with E-state index in [1.54, 1.807) is 0 Å². The first-order valence-corrected chi connectivity index (χ1v) is 18.0. The van der Waals surface area contributed by atoms with Crippen LogP contribution >= 0.6 is 0 Å². The third-order valence-corrected chi connectivity index (χ3v) is 8.69. The summed E-state index contributed by atoms with van der Waals surface area (Å²) >= 11 is 0. The average molecular weight is 498 g/mol. The summed E-state index contributed by atoms with van der Waals surface area (Å²) in [6.07, 6.45) is 15.9. The van der Waals surface area contributed by atoms with Crippen LogP contribution in [0.15, 0.2) is 0 Å². The molecule has 1 saturated heterocycles. The fraction of sp³-hybridized carbons (Fsp3) is 0.929. The van der Waals surface area contributed by atoms with Gasteiger partial charge in [0.05, 0.1) is 18.6 Å². The third-order valence-electron chi connectivity index (χ3n) is 6.98. The second-order valence-electron chi connectivity index (χ2n) is 11.9. The zero-order valence-electron chi connectivity index (χ0n) is 23.3. The molecule has 0 bridgehead atoms. The topological polar surface area (TPSA) is 55.8 Å². The minimum Gasteiger partial charge on any atom is -0.447 e. The Hall–Kier alpha value is -0.883. The number of hydrogen-bond donors (Lipinski definition) is 0. The average Bonchev–Trinajstić information content (AvgIpc) is 3.16. The van der Waals surface area contributed by atoms with Gasteiger partial charge in [-0.15, -0.1) is 0 Å². The SMILES string of the molecule is CCCCCCCCCCCCCC[C@H](COCC[Si](C)(C)C)C(=O)N1C(=O)OC[C@@H]1C(C)C. The highest BCUT2D eigenvalue weighted by atomic mass is 28.3. The van der Waals surface area contributed by atoms with E-state index >= 15 is 0 Å². The Kier molecular flexibility index (Phi) is 16.1. The Morgan fingerprint density at radius 2 is 1.50 bits per heavy atom. The summed E-state index contributed by atoms with van der Waals surface area (Å²) in [6.45, 7) is 14.8. The van der Waals surface area contributed by atoms with Crippen molar-refractivity contribution in [1.82, 2.24) is 4.90 Å². The summed E-state index contributed by atoms with van der Waals surface area (Å²) in [4.78, 5) is 27.1. The molecule has 0 aromatic heterocycles. The minimum absolute atomic E-state index is 0.0997. The maximum Gasteiger partial charge on any atom is 0.416 e. The van der Waals surface area contributed by atoms with E-state index in [9.17, 15) is 9.59 Å². The van der Waals surface area contributed by atoms with Crippen molar-refractivity contribution in [3.05, 3.63) is 0 Å². The van der Waals surface area contributed by atoms with Crippen molar-refractivity contribution in [2.45, 2.75) is 136 Å². The van der Waals surface area contributed by atoms with Gasteiger partial charge in [-0.1, -0.05) is 117 Å². The van der Waals surface area contributed by atoms with Crippen molar-refractivity contribution in [1.29, 1.82) is 0 Å². The van der Waals surface area contributed by atoms with Crippen molar-refractivity contribution < 1.29 is 19.1 Å². The van der Waals surface area contributed by atoms with Crippen LogP contribution in [0.4, 0.5) is 4.79 Å². The number of hydrogen-bond acceptors (Lipinski definition) is 4. The zero-order chi connectivity index (χ0) is 25.4. The Morgan fingerprint density at radius 3 is 2.00 bits per heavy atom. The minimum atomic E-state index is -1.17. The molecule has 1 aliphatic heterocycles. The second-order valence-corrected chi connectivity index (χ2v) is 17.5. The summed E-state index contributed by atoms with van der Waals surface area (Å²) in [5.41, 5.74) is 0. The highest BCUT2D eigenvalue weighted by molar-refractivity contribution is 6.76. The zero-order valence-corrected chi connectivity index (χ0v) is 24.3. The number of cyclic esters (lactones) is 1. The molecule has 0 spiro atoms. The van der Waals surface area contributed by atoms with Gasteiger partial charge >= 0.3 is 6.09 Å². The molecule has 0 unspecified atom stereocenters. The predicted molar refractivity (Wildman–Crippen MR) is 145 cm³/mol. The molecule has 6 heteroatoms. The number of imide groups is 1. The van der Waals surface area contributed by atoms with Gasteiger partial charge in [-0.2, -0.15) is 0 Å². The normalized spacial score (nSPS) is 17.4. The van der Waals surface area contributed by atoms with Gasteiger partial charge in [0.25, 0.3) is 0 Å². The molecule has 1 aliphatic rings. The van der Waals surface area contributed by atoms with E-state index < -0.39 is 14.2 Å². The van der Waals surface area contributed by atoms with Crippen LogP contribution in [0.2, 0.25) is 25.7 Å². The molecule has 2 amide bonds. The summed E-state index contributed by atoms with van der Waals surface area (Å²) < 4.78 is 11.2. The first-order valence-electron chi connectivity index (χ1n) is 14.2. The molecule has 0 N–H and O–H groups in total. The molecular formula is C28H55NO4Si. The lowest BCUT2D eigenvalue weighted by Gasteiger charge is -2.27. The lowest BCUT2D eigenvalue weighted by atomic mass is 9.97. The van der Waals surface area contributed by atoms with Gasteiger partial charge in [0, 0.05) is 14.7 Å². The first-order chi connectivity index (χ1) is 16.2. The van der Waals surface area contributed by atoms with Crippen molar-refractivity contribution >= 4 is 20.1 Å². The van der Waals surface area contributed by atoms with Crippen molar-refractivity contribution in [2.24, 2.45) is 11.8 Å². The third kappa shape index (κ3) is 13.3. The summed E-state index contributed by atoms with van der Waals surface area (Å²) in [6, 6.07) is 0.929. The van der Waals surface area contributed by atoms with Crippen LogP contribution in [0.5, 0.6) is 0 Å². The Morgan fingerprint density at radius 1 is 0.971 bits per heavy atom. The van der Waals surface area contributed by atoms with E-state index in [0.717, 1.165) is 25.3 Å². The highest BCUT2D eigenvalue weighted by Gasteiger charge is 2.42. The second kappa shape index (κ2) is 17.5. The van der Waals surface area contributed by atoms with Crippen LogP contribution in [0.3, 0.4) is 0 Å². The Bertz CT molecular complexity index is 561. The van der Waals surface area contributed by atoms with E-state index in [0.29, 0.717) is 19.8 Å². The highest BCUT2D eigenvalue weighted by Crippen LogP contribution is 2.25. The van der Waals surface area contributed by atoms with Crippen molar-refractivity contribution in [3.8, 4) is 0 Å². The number of unbranched alkanes of at least 4 members (excludes halogenated alkanes) is 11. The molecule has 1 heterocycles. The van der Waals surface area contributed by atoms with Crippen molar-refractivity contribution in [2.75, 3.05) is 19.8 Å². The van der Waals surface area contributed by atoms with Gasteiger partial charge in [-0.05, 0) is 18.4 Å². The van der Waals surface area contributed by atoms with Crippen LogP contribution < -0.4 is 0 Å². The molecule has 5 nitrogen and oxygen atoms in total. The number of carbonyl (C=O) groups excluding carboxylic acids is 2. The van der Waals surface area contributed by atoms with Crippen LogP contribution in [0.1, 0.15) is 104 Å². The quantitative estimate of drug-likeness (QED) is 0.126. The number of nitrogens with zero attached hydrogens (tertiary/aromatic N) is 1. The van der Waals surface area contributed by atoms with Crippen LogP contribution in [0.25, 0.3) is 0 Å². The molecule has 0 saturated carbocycles. The molecule has 0 aromatic carbocycles. The summed E-state index contributed by atoms with van der Waals surface area (Å²) in [5, 5.41) is 0. The first kappa shape index (κ1) is 31.1. The number of amides is 2. The number of ether oxygens (including phenoxy) is 2. The standard InChI is InChI=1S/C28H55NO4Si/c1-7-8-9-10-11-12-13-14-15-16-17-18-19-25(22-32-20-21-34(4,5)6)27(30)29-26(24(2)3)23-33-28(29)31/h24-26H,7-23H2,1-6H3/t25-,26-/m1/s1. The molecule has 34 heavy (non-hydrogen) atoms. The number of rotatable bonds is 20. The molecule has 0 aromatic rings. The summed E-state index contributed by atoms with van der Waals surface area (Å²) in [7, 11) is -1.17. The Balaban J connectivity index is 2.40. The van der Waals surface area contributed by atoms with Crippen LogP contribution in [-0.4, -0.2) is 50.8 Å². The monoisotopic (exact) mass is 497 g/mol. The smallest absolute Gasteiger partial charge is 0.416 e. The van der Waals surface area contributed by atoms with E-state index in [2.05, 4.69) is 26.6 Å². The molecule has 200 valence electrons. The van der Waals surface area contributed by atoms with Gasteiger partial charge in [0.15, 0.2) is 0 Å². The molecule has 0 radical (unpaired) electrons. The molecular weight excluding hydrogens is 442 g/mol. The summed E-state index contributed by atoms with van der Waals surface area (Å²) in [5.74, 6) is -0.163. The fourth-order valence-electron chi connectivity index (χ4n) is 4.49. The predicted octanol–water partition coefficient (Wildman–Crippen LogP) is 8.05. The maximum atomic E-state index is 13.3. The Labute approximate surface area is 211 Å². The van der Waals surface area contributed by atoms with Crippen molar-refractivity contribution in [3.63, 3.8) is 0 Å².